The van der Waals surface area contributed by atoms with Gasteiger partial charge in [-0.05, 0) is 42.7 Å². The number of halogens is 2. The fraction of sp³-hybridized carbons (Fsp3) is 0.263. The number of fused-ring (bicyclic) bond motifs is 1. The van der Waals surface area contributed by atoms with Crippen molar-refractivity contribution in [1.82, 2.24) is 0 Å². The summed E-state index contributed by atoms with van der Waals surface area (Å²) in [7, 11) is 9.78. The van der Waals surface area contributed by atoms with Gasteiger partial charge in [-0.15, -0.1) is 0 Å². The molecule has 0 heterocycles. The fourth-order valence-electron chi connectivity index (χ4n) is 3.28. The van der Waals surface area contributed by atoms with E-state index in [1.807, 2.05) is 19.1 Å². The Morgan fingerprint density at radius 1 is 1.09 bits per heavy atom. The van der Waals surface area contributed by atoms with E-state index in [0.717, 1.165) is 10.9 Å². The molecule has 0 saturated heterocycles. The molecule has 0 aromatic heterocycles. The Bertz CT molecular complexity index is 750. The van der Waals surface area contributed by atoms with Crippen LogP contribution in [0.2, 0.25) is 0 Å². The van der Waals surface area contributed by atoms with E-state index in [1.165, 1.54) is 22.1 Å². The van der Waals surface area contributed by atoms with Crippen molar-refractivity contribution in [3.63, 3.8) is 0 Å². The molecule has 0 aliphatic heterocycles. The first-order valence-corrected chi connectivity index (χ1v) is 11.8. The van der Waals surface area contributed by atoms with Crippen LogP contribution in [-0.4, -0.2) is 5.11 Å². The van der Waals surface area contributed by atoms with Crippen LogP contribution in [0.25, 0.3) is 10.8 Å². The summed E-state index contributed by atoms with van der Waals surface area (Å²) in [6, 6.07) is 12.6. The standard InChI is InChI=1S/C19H20O.2ClH.Ti/c1-12-10-13(2)18(11-12)17-9-8-15-6-4-5-7-16(15)19(17)14(3)20;;;/h4-11,14,18,20H,1-3H3;2*1H;/q;;;+2/p-2. The van der Waals surface area contributed by atoms with Gasteiger partial charge < -0.3 is 5.11 Å². The Labute approximate surface area is 154 Å². The predicted octanol–water partition coefficient (Wildman–Crippen LogP) is 6.26. The van der Waals surface area contributed by atoms with Crippen molar-refractivity contribution < 1.29 is 22.1 Å². The van der Waals surface area contributed by atoms with Crippen molar-refractivity contribution in [1.29, 1.82) is 0 Å². The van der Waals surface area contributed by atoms with E-state index in [4.69, 9.17) is 18.6 Å². The molecule has 1 aliphatic carbocycles. The second-order valence-electron chi connectivity index (χ2n) is 5.81. The summed E-state index contributed by atoms with van der Waals surface area (Å²) in [4.78, 5) is 0. The Morgan fingerprint density at radius 3 is 2.30 bits per heavy atom. The third kappa shape index (κ3) is 4.29. The fourth-order valence-corrected chi connectivity index (χ4v) is 3.28. The van der Waals surface area contributed by atoms with Gasteiger partial charge in [0.1, 0.15) is 0 Å². The van der Waals surface area contributed by atoms with Crippen LogP contribution >= 0.6 is 18.6 Å². The summed E-state index contributed by atoms with van der Waals surface area (Å²) in [6.45, 7) is 6.15. The maximum atomic E-state index is 10.3. The number of aliphatic hydroxyl groups excluding tert-OH is 1. The molecule has 0 amide bonds. The van der Waals surface area contributed by atoms with Gasteiger partial charge in [0.15, 0.2) is 0 Å². The van der Waals surface area contributed by atoms with Gasteiger partial charge in [-0.3, -0.25) is 0 Å². The van der Waals surface area contributed by atoms with Gasteiger partial charge >= 0.3 is 35.6 Å². The third-order valence-electron chi connectivity index (χ3n) is 4.13. The van der Waals surface area contributed by atoms with E-state index in [-0.39, 0.29) is 0 Å². The van der Waals surface area contributed by atoms with E-state index >= 15 is 0 Å². The molecular weight excluding hydrogens is 363 g/mol. The van der Waals surface area contributed by atoms with E-state index in [1.54, 1.807) is 0 Å². The summed E-state index contributed by atoms with van der Waals surface area (Å²) in [5.41, 5.74) is 4.94. The van der Waals surface area contributed by atoms with Gasteiger partial charge in [0.25, 0.3) is 0 Å². The SMILES string of the molecule is CC1=CC(c2ccc3ccccc3c2C(C)O)C(C)=C1.[Cl][Ti][Cl]. The first kappa shape index (κ1) is 18.8. The summed E-state index contributed by atoms with van der Waals surface area (Å²) < 4.78 is 0. The van der Waals surface area contributed by atoms with E-state index in [2.05, 4.69) is 50.3 Å². The molecule has 0 fully saturated rings. The van der Waals surface area contributed by atoms with Crippen molar-refractivity contribution in [2.75, 3.05) is 0 Å². The van der Waals surface area contributed by atoms with Crippen LogP contribution in [0.1, 0.15) is 43.9 Å². The predicted molar refractivity (Wildman–Crippen MR) is 96.5 cm³/mol. The Morgan fingerprint density at radius 2 is 1.74 bits per heavy atom. The molecule has 120 valence electrons. The summed E-state index contributed by atoms with van der Waals surface area (Å²) in [5, 5.41) is 12.6. The molecule has 4 heteroatoms. The Hall–Kier alpha value is -0.566. The van der Waals surface area contributed by atoms with Gasteiger partial charge in [-0.1, -0.05) is 59.7 Å². The zero-order valence-electron chi connectivity index (χ0n) is 13.5. The number of benzene rings is 2. The molecular formula is C19H20Cl2OTi. The average molecular weight is 383 g/mol. The topological polar surface area (TPSA) is 20.2 Å². The van der Waals surface area contributed by atoms with Crippen LogP contribution < -0.4 is 0 Å². The molecule has 2 unspecified atom stereocenters. The van der Waals surface area contributed by atoms with E-state index in [0.29, 0.717) is 5.92 Å². The molecule has 2 aromatic carbocycles. The molecule has 2 atom stereocenters. The van der Waals surface area contributed by atoms with Crippen LogP contribution in [0.5, 0.6) is 0 Å². The molecule has 2 aromatic rings. The van der Waals surface area contributed by atoms with Gasteiger partial charge in [0.2, 0.25) is 0 Å². The zero-order chi connectivity index (χ0) is 17.0. The third-order valence-corrected chi connectivity index (χ3v) is 4.13. The summed E-state index contributed by atoms with van der Waals surface area (Å²) in [5.74, 6) is 0.296. The van der Waals surface area contributed by atoms with Gasteiger partial charge in [-0.2, -0.15) is 0 Å². The number of hydrogen-bond donors (Lipinski definition) is 1. The van der Waals surface area contributed by atoms with Gasteiger partial charge in [-0.25, -0.2) is 0 Å². The Balaban J connectivity index is 0.000000595. The number of rotatable bonds is 2. The van der Waals surface area contributed by atoms with Crippen LogP contribution in [0.3, 0.4) is 0 Å². The second kappa shape index (κ2) is 8.51. The number of aliphatic hydroxyl groups is 1. The molecule has 0 spiro atoms. The normalized spacial score (nSPS) is 17.9. The van der Waals surface area contributed by atoms with Crippen LogP contribution in [0.15, 0.2) is 59.7 Å². The minimum atomic E-state index is -0.556. The van der Waals surface area contributed by atoms with Crippen LogP contribution in [0, 0.1) is 0 Å². The first-order valence-electron chi connectivity index (χ1n) is 7.52. The Kier molecular flexibility index (Phi) is 6.94. The van der Waals surface area contributed by atoms with Crippen molar-refractivity contribution in [2.24, 2.45) is 0 Å². The number of hydrogen-bond acceptors (Lipinski definition) is 1. The monoisotopic (exact) mass is 382 g/mol. The minimum absolute atomic E-state index is 0.296. The molecule has 3 rings (SSSR count). The zero-order valence-corrected chi connectivity index (χ0v) is 16.6. The molecule has 1 N–H and O–H groups in total. The van der Waals surface area contributed by atoms with Gasteiger partial charge in [0.05, 0.1) is 6.10 Å². The molecule has 0 radical (unpaired) electrons. The van der Waals surface area contributed by atoms with Crippen molar-refractivity contribution in [3.05, 3.63) is 70.8 Å². The molecule has 1 aliphatic rings. The van der Waals surface area contributed by atoms with Crippen molar-refractivity contribution >= 4 is 29.4 Å². The molecule has 23 heavy (non-hydrogen) atoms. The van der Waals surface area contributed by atoms with Crippen molar-refractivity contribution in [3.8, 4) is 0 Å². The van der Waals surface area contributed by atoms with E-state index < -0.39 is 23.1 Å². The quantitative estimate of drug-likeness (QED) is 0.607. The summed E-state index contributed by atoms with van der Waals surface area (Å²) in [6.07, 6.45) is 4.05. The molecule has 0 saturated carbocycles. The maximum absolute atomic E-state index is 10.3. The average Bonchev–Trinajstić information content (AvgIpc) is 2.85. The molecule has 1 nitrogen and oxygen atoms in total. The van der Waals surface area contributed by atoms with Crippen LogP contribution in [0.4, 0.5) is 0 Å². The molecule has 0 bridgehead atoms. The van der Waals surface area contributed by atoms with E-state index in [9.17, 15) is 5.11 Å². The number of allylic oxidation sites excluding steroid dienone is 4. The van der Waals surface area contributed by atoms with Crippen LogP contribution in [-0.2, 0) is 17.0 Å². The summed E-state index contributed by atoms with van der Waals surface area (Å²) >= 11 is -0.556. The first-order chi connectivity index (χ1) is 11.0. The van der Waals surface area contributed by atoms with Crippen molar-refractivity contribution in [2.45, 2.75) is 32.8 Å². The van der Waals surface area contributed by atoms with Gasteiger partial charge in [0, 0.05) is 5.92 Å². The second-order valence-corrected chi connectivity index (χ2v) is 8.39.